The van der Waals surface area contributed by atoms with E-state index in [0.717, 1.165) is 12.1 Å². The number of hydrazone groups is 1. The van der Waals surface area contributed by atoms with Crippen LogP contribution in [0.25, 0.3) is 0 Å². The summed E-state index contributed by atoms with van der Waals surface area (Å²) in [7, 11) is 0. The smallest absolute Gasteiger partial charge is 0.318 e. The highest BCUT2D eigenvalue weighted by atomic mass is 19.1. The number of rotatable bonds is 3. The predicted molar refractivity (Wildman–Crippen MR) is 77.2 cm³/mol. The van der Waals surface area contributed by atoms with Gasteiger partial charge in [0, 0.05) is 5.69 Å². The minimum absolute atomic E-state index is 0.274. The van der Waals surface area contributed by atoms with Crippen LogP contribution in [0.5, 0.6) is 0 Å². The number of nitrogens with zero attached hydrogens (tertiary/aromatic N) is 1. The van der Waals surface area contributed by atoms with Crippen LogP contribution in [-0.2, 0) is 9.59 Å². The molecule has 0 aromatic heterocycles. The van der Waals surface area contributed by atoms with Gasteiger partial charge in [-0.15, -0.1) is 0 Å². The number of anilines is 1. The van der Waals surface area contributed by atoms with E-state index in [4.69, 9.17) is 0 Å². The average molecular weight is 303 g/mol. The summed E-state index contributed by atoms with van der Waals surface area (Å²) in [6.07, 6.45) is 1.20. The number of carbonyl (C=O) groups is 2. The number of halogens is 2. The molecule has 0 bridgehead atoms. The molecular weight excluding hydrogens is 292 g/mol. The van der Waals surface area contributed by atoms with Gasteiger partial charge in [0.25, 0.3) is 0 Å². The summed E-state index contributed by atoms with van der Waals surface area (Å²) in [6.45, 7) is 0. The van der Waals surface area contributed by atoms with Crippen molar-refractivity contribution in [2.45, 2.75) is 0 Å². The molecule has 0 unspecified atom stereocenters. The van der Waals surface area contributed by atoms with Gasteiger partial charge in [-0.05, 0) is 42.0 Å². The van der Waals surface area contributed by atoms with Crippen LogP contribution in [0.3, 0.4) is 0 Å². The van der Waals surface area contributed by atoms with Crippen LogP contribution in [0.4, 0.5) is 14.5 Å². The maximum Gasteiger partial charge on any atom is 0.329 e. The van der Waals surface area contributed by atoms with Crippen molar-refractivity contribution in [1.29, 1.82) is 0 Å². The fourth-order valence-corrected chi connectivity index (χ4v) is 1.52. The zero-order chi connectivity index (χ0) is 15.9. The van der Waals surface area contributed by atoms with Gasteiger partial charge in [-0.25, -0.2) is 14.2 Å². The first-order valence-corrected chi connectivity index (χ1v) is 6.20. The zero-order valence-electron chi connectivity index (χ0n) is 11.2. The second-order valence-electron chi connectivity index (χ2n) is 4.22. The third-order valence-corrected chi connectivity index (χ3v) is 2.54. The molecule has 2 N–H and O–H groups in total. The van der Waals surface area contributed by atoms with Crippen LogP contribution in [0, 0.1) is 11.6 Å². The Labute approximate surface area is 124 Å². The molecule has 0 radical (unpaired) electrons. The van der Waals surface area contributed by atoms with Crippen molar-refractivity contribution in [3.63, 3.8) is 0 Å². The second kappa shape index (κ2) is 7.07. The molecule has 2 rings (SSSR count). The van der Waals surface area contributed by atoms with E-state index in [-0.39, 0.29) is 5.69 Å². The van der Waals surface area contributed by atoms with E-state index in [1.165, 1.54) is 36.5 Å². The Morgan fingerprint density at radius 3 is 2.36 bits per heavy atom. The van der Waals surface area contributed by atoms with Crippen molar-refractivity contribution in [3.05, 3.63) is 65.7 Å². The maximum absolute atomic E-state index is 12.9. The summed E-state index contributed by atoms with van der Waals surface area (Å²) in [5.41, 5.74) is 2.71. The Morgan fingerprint density at radius 1 is 0.955 bits per heavy atom. The normalized spacial score (nSPS) is 10.5. The molecule has 112 valence electrons. The van der Waals surface area contributed by atoms with Crippen LogP contribution >= 0.6 is 0 Å². The molecule has 0 saturated heterocycles. The highest BCUT2D eigenvalue weighted by Gasteiger charge is 2.12. The van der Waals surface area contributed by atoms with Crippen molar-refractivity contribution in [2.24, 2.45) is 5.10 Å². The molecule has 2 amide bonds. The molecule has 0 aliphatic heterocycles. The highest BCUT2D eigenvalue weighted by Crippen LogP contribution is 2.07. The zero-order valence-corrected chi connectivity index (χ0v) is 11.2. The number of carbonyl (C=O) groups excluding carboxylic acids is 2. The van der Waals surface area contributed by atoms with Gasteiger partial charge in [0.05, 0.1) is 6.21 Å². The molecule has 2 aromatic carbocycles. The third kappa shape index (κ3) is 4.48. The van der Waals surface area contributed by atoms with Gasteiger partial charge in [-0.3, -0.25) is 9.59 Å². The highest BCUT2D eigenvalue weighted by molar-refractivity contribution is 6.39. The lowest BCUT2D eigenvalue weighted by Crippen LogP contribution is -2.32. The molecular formula is C15H11F2N3O2. The van der Waals surface area contributed by atoms with Gasteiger partial charge in [0.1, 0.15) is 11.6 Å². The number of benzene rings is 2. The summed E-state index contributed by atoms with van der Waals surface area (Å²) in [4.78, 5) is 23.0. The molecule has 0 saturated carbocycles. The van der Waals surface area contributed by atoms with Crippen molar-refractivity contribution in [2.75, 3.05) is 5.32 Å². The summed E-state index contributed by atoms with van der Waals surface area (Å²) in [6, 6.07) is 10.5. The Hall–Kier alpha value is -3.09. The van der Waals surface area contributed by atoms with E-state index in [1.807, 2.05) is 5.43 Å². The topological polar surface area (TPSA) is 70.6 Å². The van der Waals surface area contributed by atoms with Gasteiger partial charge >= 0.3 is 11.8 Å². The molecule has 0 fully saturated rings. The van der Waals surface area contributed by atoms with E-state index in [1.54, 1.807) is 6.07 Å². The van der Waals surface area contributed by atoms with Crippen LogP contribution in [0.2, 0.25) is 0 Å². The molecule has 0 spiro atoms. The van der Waals surface area contributed by atoms with Crippen LogP contribution in [-0.4, -0.2) is 18.0 Å². The van der Waals surface area contributed by atoms with E-state index in [2.05, 4.69) is 10.4 Å². The largest absolute Gasteiger partial charge is 0.329 e. The number of amides is 2. The van der Waals surface area contributed by atoms with Crippen molar-refractivity contribution >= 4 is 23.7 Å². The molecule has 22 heavy (non-hydrogen) atoms. The summed E-state index contributed by atoms with van der Waals surface area (Å²) < 4.78 is 25.6. The van der Waals surface area contributed by atoms with Crippen molar-refractivity contribution in [3.8, 4) is 0 Å². The minimum atomic E-state index is -1.00. The van der Waals surface area contributed by atoms with Gasteiger partial charge in [-0.2, -0.15) is 5.10 Å². The molecule has 2 aromatic rings. The van der Waals surface area contributed by atoms with Crippen LogP contribution in [0.15, 0.2) is 53.6 Å². The van der Waals surface area contributed by atoms with E-state index >= 15 is 0 Å². The van der Waals surface area contributed by atoms with E-state index < -0.39 is 23.4 Å². The SMILES string of the molecule is O=C(N/N=C\c1cccc(F)c1)C(=O)Nc1ccc(F)cc1. The average Bonchev–Trinajstić information content (AvgIpc) is 2.49. The van der Waals surface area contributed by atoms with Crippen LogP contribution < -0.4 is 10.7 Å². The Balaban J connectivity index is 1.89. The molecule has 0 aliphatic rings. The Kier molecular flexibility index (Phi) is 4.92. The van der Waals surface area contributed by atoms with E-state index in [9.17, 15) is 18.4 Å². The summed E-state index contributed by atoms with van der Waals surface area (Å²) in [5.74, 6) is -2.86. The molecule has 0 atom stereocenters. The number of hydrogen-bond acceptors (Lipinski definition) is 3. The first kappa shape index (κ1) is 15.3. The fraction of sp³-hybridized carbons (Fsp3) is 0. The van der Waals surface area contributed by atoms with Gasteiger partial charge in [0.15, 0.2) is 0 Å². The third-order valence-electron chi connectivity index (χ3n) is 2.54. The van der Waals surface area contributed by atoms with Gasteiger partial charge in [0.2, 0.25) is 0 Å². The maximum atomic E-state index is 12.9. The second-order valence-corrected chi connectivity index (χ2v) is 4.22. The lowest BCUT2D eigenvalue weighted by molar-refractivity contribution is -0.136. The Bertz CT molecular complexity index is 715. The Morgan fingerprint density at radius 2 is 1.68 bits per heavy atom. The standard InChI is InChI=1S/C15H11F2N3O2/c16-11-4-6-13(7-5-11)19-14(21)15(22)20-18-9-10-2-1-3-12(17)8-10/h1-9H,(H,19,21)(H,20,22)/b18-9-. The van der Waals surface area contributed by atoms with Gasteiger partial charge < -0.3 is 5.32 Å². The quantitative estimate of drug-likeness (QED) is 0.517. The fourth-order valence-electron chi connectivity index (χ4n) is 1.52. The predicted octanol–water partition coefficient (Wildman–Crippen LogP) is 2.05. The first-order chi connectivity index (χ1) is 10.5. The van der Waals surface area contributed by atoms with Crippen LogP contribution in [0.1, 0.15) is 5.56 Å². The minimum Gasteiger partial charge on any atom is -0.318 e. The van der Waals surface area contributed by atoms with Crippen molar-refractivity contribution < 1.29 is 18.4 Å². The van der Waals surface area contributed by atoms with Gasteiger partial charge in [-0.1, -0.05) is 12.1 Å². The lowest BCUT2D eigenvalue weighted by Gasteiger charge is -2.03. The number of nitrogens with one attached hydrogen (secondary N) is 2. The van der Waals surface area contributed by atoms with E-state index in [0.29, 0.717) is 5.56 Å². The summed E-state index contributed by atoms with van der Waals surface area (Å²) >= 11 is 0. The van der Waals surface area contributed by atoms with Crippen molar-refractivity contribution in [1.82, 2.24) is 5.43 Å². The molecule has 0 heterocycles. The monoisotopic (exact) mass is 303 g/mol. The first-order valence-electron chi connectivity index (χ1n) is 6.20. The summed E-state index contributed by atoms with van der Waals surface area (Å²) in [5, 5.41) is 5.82. The molecule has 7 heteroatoms. The lowest BCUT2D eigenvalue weighted by atomic mass is 10.2. The molecule has 5 nitrogen and oxygen atoms in total. The number of hydrogen-bond donors (Lipinski definition) is 2. The molecule has 0 aliphatic carbocycles.